The quantitative estimate of drug-likeness (QED) is 0.920. The first-order valence-corrected chi connectivity index (χ1v) is 7.15. The van der Waals surface area contributed by atoms with Crippen molar-refractivity contribution in [3.8, 4) is 5.75 Å². The zero-order valence-electron chi connectivity index (χ0n) is 13.0. The van der Waals surface area contributed by atoms with Crippen molar-refractivity contribution in [2.45, 2.75) is 32.8 Å². The van der Waals surface area contributed by atoms with Crippen molar-refractivity contribution in [2.75, 3.05) is 5.32 Å². The molecule has 0 aliphatic rings. The molecule has 0 heterocycles. The lowest BCUT2D eigenvalue weighted by molar-refractivity contribution is -0.115. The topological polar surface area (TPSA) is 38.3 Å². The molecule has 0 atom stereocenters. The smallest absolute Gasteiger partial charge is 0.228 e. The number of hydrogen-bond acceptors (Lipinski definition) is 2. The van der Waals surface area contributed by atoms with E-state index in [-0.39, 0.29) is 23.7 Å². The van der Waals surface area contributed by atoms with Crippen LogP contribution < -0.4 is 10.1 Å². The molecular weight excluding hydrogens is 281 g/mol. The fourth-order valence-electron chi connectivity index (χ4n) is 1.95. The molecule has 116 valence electrons. The lowest BCUT2D eigenvalue weighted by Gasteiger charge is -2.21. The number of nitrogens with one attached hydrogen (secondary N) is 1. The summed E-state index contributed by atoms with van der Waals surface area (Å²) in [4.78, 5) is 11.9. The molecule has 0 saturated heterocycles. The van der Waals surface area contributed by atoms with Gasteiger partial charge >= 0.3 is 0 Å². The number of hydrogen-bond donors (Lipinski definition) is 1. The van der Waals surface area contributed by atoms with Crippen LogP contribution in [0.5, 0.6) is 5.75 Å². The number of carbonyl (C=O) groups excluding carboxylic acids is 1. The van der Waals surface area contributed by atoms with Gasteiger partial charge in [0.15, 0.2) is 0 Å². The predicted molar refractivity (Wildman–Crippen MR) is 85.6 cm³/mol. The van der Waals surface area contributed by atoms with Crippen LogP contribution in [0, 0.1) is 5.82 Å². The van der Waals surface area contributed by atoms with Gasteiger partial charge < -0.3 is 10.1 Å². The van der Waals surface area contributed by atoms with Gasteiger partial charge in [0.05, 0.1) is 6.42 Å². The van der Waals surface area contributed by atoms with Crippen LogP contribution in [0.1, 0.15) is 26.3 Å². The monoisotopic (exact) mass is 301 g/mol. The fourth-order valence-corrected chi connectivity index (χ4v) is 1.95. The van der Waals surface area contributed by atoms with Gasteiger partial charge in [0.1, 0.15) is 17.2 Å². The SMILES string of the molecule is CC(C)(C)Oc1ccc(CC(=O)Nc2ccc(F)cc2)cc1. The molecule has 3 nitrogen and oxygen atoms in total. The number of anilines is 1. The molecule has 1 amide bonds. The molecule has 0 saturated carbocycles. The van der Waals surface area contributed by atoms with E-state index in [1.807, 2.05) is 45.0 Å². The summed E-state index contributed by atoms with van der Waals surface area (Å²) in [6, 6.07) is 13.1. The summed E-state index contributed by atoms with van der Waals surface area (Å²) in [5.41, 5.74) is 1.22. The number of rotatable bonds is 4. The highest BCUT2D eigenvalue weighted by Crippen LogP contribution is 2.19. The Hall–Kier alpha value is -2.36. The number of ether oxygens (including phenoxy) is 1. The summed E-state index contributed by atoms with van der Waals surface area (Å²) >= 11 is 0. The van der Waals surface area contributed by atoms with Gasteiger partial charge in [0, 0.05) is 5.69 Å². The Balaban J connectivity index is 1.93. The minimum atomic E-state index is -0.326. The third kappa shape index (κ3) is 5.20. The van der Waals surface area contributed by atoms with Crippen molar-refractivity contribution in [2.24, 2.45) is 0 Å². The highest BCUT2D eigenvalue weighted by Gasteiger charge is 2.11. The molecule has 2 aromatic carbocycles. The average Bonchev–Trinajstić information content (AvgIpc) is 2.42. The van der Waals surface area contributed by atoms with E-state index < -0.39 is 0 Å². The van der Waals surface area contributed by atoms with Crippen LogP contribution in [-0.2, 0) is 11.2 Å². The zero-order valence-corrected chi connectivity index (χ0v) is 13.0. The minimum absolute atomic E-state index is 0.143. The van der Waals surface area contributed by atoms with Crippen LogP contribution in [0.4, 0.5) is 10.1 Å². The number of amides is 1. The van der Waals surface area contributed by atoms with E-state index in [0.717, 1.165) is 11.3 Å². The van der Waals surface area contributed by atoms with Crippen LogP contribution in [0.3, 0.4) is 0 Å². The van der Waals surface area contributed by atoms with Gasteiger partial charge in [-0.2, -0.15) is 0 Å². The molecule has 0 radical (unpaired) electrons. The molecule has 0 unspecified atom stereocenters. The van der Waals surface area contributed by atoms with Crippen molar-refractivity contribution in [3.63, 3.8) is 0 Å². The highest BCUT2D eigenvalue weighted by atomic mass is 19.1. The van der Waals surface area contributed by atoms with E-state index >= 15 is 0 Å². The summed E-state index contributed by atoms with van der Waals surface area (Å²) in [7, 11) is 0. The molecule has 0 aliphatic heterocycles. The van der Waals surface area contributed by atoms with Gasteiger partial charge in [0.2, 0.25) is 5.91 Å². The van der Waals surface area contributed by atoms with Crippen LogP contribution >= 0.6 is 0 Å². The Morgan fingerprint density at radius 1 is 1.05 bits per heavy atom. The summed E-state index contributed by atoms with van der Waals surface area (Å²) in [5, 5.41) is 2.73. The second kappa shape index (κ2) is 6.60. The van der Waals surface area contributed by atoms with Crippen LogP contribution in [0.2, 0.25) is 0 Å². The van der Waals surface area contributed by atoms with Crippen molar-refractivity contribution >= 4 is 11.6 Å². The molecule has 0 aliphatic carbocycles. The average molecular weight is 301 g/mol. The Kier molecular flexibility index (Phi) is 4.81. The number of benzene rings is 2. The van der Waals surface area contributed by atoms with E-state index in [4.69, 9.17) is 4.74 Å². The van der Waals surface area contributed by atoms with Gasteiger partial charge in [-0.05, 0) is 62.7 Å². The van der Waals surface area contributed by atoms with E-state index in [2.05, 4.69) is 5.32 Å². The second-order valence-corrected chi connectivity index (χ2v) is 6.09. The fraction of sp³-hybridized carbons (Fsp3) is 0.278. The number of halogens is 1. The largest absolute Gasteiger partial charge is 0.488 e. The van der Waals surface area contributed by atoms with Gasteiger partial charge in [-0.1, -0.05) is 12.1 Å². The third-order valence-corrected chi connectivity index (χ3v) is 2.84. The maximum atomic E-state index is 12.8. The first-order valence-electron chi connectivity index (χ1n) is 7.15. The molecule has 4 heteroatoms. The van der Waals surface area contributed by atoms with Crippen molar-refractivity contribution in [3.05, 3.63) is 59.9 Å². The van der Waals surface area contributed by atoms with Crippen molar-refractivity contribution in [1.29, 1.82) is 0 Å². The maximum absolute atomic E-state index is 12.8. The van der Waals surface area contributed by atoms with Gasteiger partial charge in [0.25, 0.3) is 0 Å². The van der Waals surface area contributed by atoms with Crippen LogP contribution in [0.25, 0.3) is 0 Å². The van der Waals surface area contributed by atoms with E-state index in [1.54, 1.807) is 0 Å². The minimum Gasteiger partial charge on any atom is -0.488 e. The van der Waals surface area contributed by atoms with Crippen LogP contribution in [-0.4, -0.2) is 11.5 Å². The van der Waals surface area contributed by atoms with Crippen molar-refractivity contribution in [1.82, 2.24) is 0 Å². The molecular formula is C18H20FNO2. The Labute approximate surface area is 130 Å². The molecule has 0 spiro atoms. The summed E-state index contributed by atoms with van der Waals surface area (Å²) in [6.45, 7) is 5.95. The van der Waals surface area contributed by atoms with Gasteiger partial charge in [-0.3, -0.25) is 4.79 Å². The lowest BCUT2D eigenvalue weighted by atomic mass is 10.1. The van der Waals surface area contributed by atoms with E-state index in [1.165, 1.54) is 24.3 Å². The van der Waals surface area contributed by atoms with E-state index in [9.17, 15) is 9.18 Å². The first kappa shape index (κ1) is 16.0. The standard InChI is InChI=1S/C18H20FNO2/c1-18(2,3)22-16-10-4-13(5-11-16)12-17(21)20-15-8-6-14(19)7-9-15/h4-11H,12H2,1-3H3,(H,20,21). The maximum Gasteiger partial charge on any atom is 0.228 e. The predicted octanol–water partition coefficient (Wildman–Crippen LogP) is 4.18. The van der Waals surface area contributed by atoms with Crippen molar-refractivity contribution < 1.29 is 13.9 Å². The molecule has 1 N–H and O–H groups in total. The Morgan fingerprint density at radius 3 is 2.18 bits per heavy atom. The second-order valence-electron chi connectivity index (χ2n) is 6.09. The highest BCUT2D eigenvalue weighted by molar-refractivity contribution is 5.92. The summed E-state index contributed by atoms with van der Waals surface area (Å²) in [5.74, 6) is 0.304. The molecule has 0 fully saturated rings. The molecule has 2 aromatic rings. The Bertz CT molecular complexity index is 628. The molecule has 0 bridgehead atoms. The summed E-state index contributed by atoms with van der Waals surface area (Å²) in [6.07, 6.45) is 0.257. The number of carbonyl (C=O) groups is 1. The molecule has 0 aromatic heterocycles. The zero-order chi connectivity index (χ0) is 16.2. The normalized spacial score (nSPS) is 11.1. The van der Waals surface area contributed by atoms with Crippen LogP contribution in [0.15, 0.2) is 48.5 Å². The van der Waals surface area contributed by atoms with Gasteiger partial charge in [-0.25, -0.2) is 4.39 Å². The van der Waals surface area contributed by atoms with E-state index in [0.29, 0.717) is 5.69 Å². The van der Waals surface area contributed by atoms with Gasteiger partial charge in [-0.15, -0.1) is 0 Å². The molecule has 2 rings (SSSR count). The first-order chi connectivity index (χ1) is 10.3. The third-order valence-electron chi connectivity index (χ3n) is 2.84. The lowest BCUT2D eigenvalue weighted by Crippen LogP contribution is -2.22. The summed E-state index contributed by atoms with van der Waals surface area (Å²) < 4.78 is 18.5. The Morgan fingerprint density at radius 2 is 1.64 bits per heavy atom. The molecule has 22 heavy (non-hydrogen) atoms.